The van der Waals surface area contributed by atoms with Gasteiger partial charge in [0, 0.05) is 36.6 Å². The Balaban J connectivity index is 1.62. The largest absolute Gasteiger partial charge is 0.335 e. The van der Waals surface area contributed by atoms with Crippen molar-refractivity contribution in [1.82, 2.24) is 20.5 Å². The van der Waals surface area contributed by atoms with Crippen molar-refractivity contribution in [3.8, 4) is 11.4 Å². The molecule has 0 aromatic carbocycles. The van der Waals surface area contributed by atoms with E-state index in [2.05, 4.69) is 42.2 Å². The van der Waals surface area contributed by atoms with Crippen molar-refractivity contribution >= 4 is 17.3 Å². The lowest BCUT2D eigenvalue weighted by atomic mass is 9.92. The molecule has 5 nitrogen and oxygen atoms in total. The van der Waals surface area contributed by atoms with Gasteiger partial charge in [0.1, 0.15) is 0 Å². The first-order valence-corrected chi connectivity index (χ1v) is 7.78. The lowest BCUT2D eigenvalue weighted by Gasteiger charge is -2.36. The Kier molecular flexibility index (Phi) is 2.77. The highest BCUT2D eigenvalue weighted by Crippen LogP contribution is 2.30. The number of nitrogens with zero attached hydrogens (tertiary/aromatic N) is 3. The molecule has 2 aliphatic heterocycles. The van der Waals surface area contributed by atoms with Crippen molar-refractivity contribution in [3.05, 3.63) is 16.8 Å². The fourth-order valence-corrected chi connectivity index (χ4v) is 3.87. The van der Waals surface area contributed by atoms with Crippen molar-refractivity contribution in [2.45, 2.75) is 18.9 Å². The SMILES string of the molecule is c1cc(-c2nc(N3CCCC4CNCC43)n[nH]2)cs1. The number of H-pyrrole nitrogens is 1. The van der Waals surface area contributed by atoms with Crippen molar-refractivity contribution < 1.29 is 0 Å². The molecule has 100 valence electrons. The van der Waals surface area contributed by atoms with Crippen LogP contribution >= 0.6 is 11.3 Å². The maximum Gasteiger partial charge on any atom is 0.245 e. The number of piperidine rings is 1. The third-order valence-corrected chi connectivity index (χ3v) is 4.89. The highest BCUT2D eigenvalue weighted by Gasteiger charge is 2.36. The van der Waals surface area contributed by atoms with Gasteiger partial charge in [-0.3, -0.25) is 5.10 Å². The summed E-state index contributed by atoms with van der Waals surface area (Å²) in [6.07, 6.45) is 2.57. The Morgan fingerprint density at radius 1 is 1.37 bits per heavy atom. The summed E-state index contributed by atoms with van der Waals surface area (Å²) in [6, 6.07) is 2.64. The maximum absolute atomic E-state index is 4.67. The van der Waals surface area contributed by atoms with Crippen molar-refractivity contribution in [2.75, 3.05) is 24.5 Å². The molecule has 0 spiro atoms. The van der Waals surface area contributed by atoms with Gasteiger partial charge >= 0.3 is 0 Å². The highest BCUT2D eigenvalue weighted by molar-refractivity contribution is 7.08. The number of rotatable bonds is 2. The second kappa shape index (κ2) is 4.61. The molecule has 2 fully saturated rings. The number of nitrogens with one attached hydrogen (secondary N) is 2. The molecule has 2 N–H and O–H groups in total. The van der Waals surface area contributed by atoms with Crippen LogP contribution in [0.4, 0.5) is 5.95 Å². The van der Waals surface area contributed by atoms with Gasteiger partial charge in [-0.2, -0.15) is 16.3 Å². The van der Waals surface area contributed by atoms with Crippen molar-refractivity contribution in [1.29, 1.82) is 0 Å². The molecule has 2 saturated heterocycles. The molecule has 2 aromatic rings. The molecule has 2 aliphatic rings. The Bertz CT molecular complexity index is 549. The Hall–Kier alpha value is -1.40. The molecule has 0 saturated carbocycles. The molecular weight excluding hydrogens is 258 g/mol. The summed E-state index contributed by atoms with van der Waals surface area (Å²) in [5, 5.41) is 15.1. The van der Waals surface area contributed by atoms with E-state index in [1.54, 1.807) is 11.3 Å². The summed E-state index contributed by atoms with van der Waals surface area (Å²) >= 11 is 1.68. The van der Waals surface area contributed by atoms with E-state index in [0.29, 0.717) is 6.04 Å². The molecule has 19 heavy (non-hydrogen) atoms. The predicted molar refractivity (Wildman–Crippen MR) is 76.4 cm³/mol. The lowest BCUT2D eigenvalue weighted by Crippen LogP contribution is -2.45. The van der Waals surface area contributed by atoms with Crippen LogP contribution in [0.3, 0.4) is 0 Å². The van der Waals surface area contributed by atoms with E-state index >= 15 is 0 Å². The minimum absolute atomic E-state index is 0.569. The Morgan fingerprint density at radius 2 is 2.37 bits per heavy atom. The molecule has 4 rings (SSSR count). The lowest BCUT2D eigenvalue weighted by molar-refractivity contribution is 0.381. The van der Waals surface area contributed by atoms with Crippen LogP contribution in [0.1, 0.15) is 12.8 Å². The standard InChI is InChI=1S/C13H17N5S/c1-2-9-6-14-7-11(9)18(4-1)13-15-12(16-17-13)10-3-5-19-8-10/h3,5,8-9,11,14H,1-2,4,6-7H2,(H,15,16,17). The number of fused-ring (bicyclic) bond motifs is 1. The van der Waals surface area contributed by atoms with Gasteiger partial charge in [0.25, 0.3) is 0 Å². The first kappa shape index (κ1) is 11.4. The fraction of sp³-hybridized carbons (Fsp3) is 0.538. The topological polar surface area (TPSA) is 56.8 Å². The minimum atomic E-state index is 0.569. The second-order valence-electron chi connectivity index (χ2n) is 5.32. The average Bonchev–Trinajstić information content (AvgIpc) is 3.18. The predicted octanol–water partition coefficient (Wildman–Crippen LogP) is 1.72. The molecule has 2 unspecified atom stereocenters. The van der Waals surface area contributed by atoms with Crippen LogP contribution in [-0.2, 0) is 0 Å². The quantitative estimate of drug-likeness (QED) is 0.876. The van der Waals surface area contributed by atoms with Gasteiger partial charge in [0.2, 0.25) is 5.95 Å². The molecule has 2 atom stereocenters. The van der Waals surface area contributed by atoms with E-state index in [-0.39, 0.29) is 0 Å². The van der Waals surface area contributed by atoms with E-state index in [4.69, 9.17) is 0 Å². The first-order valence-electron chi connectivity index (χ1n) is 6.84. The monoisotopic (exact) mass is 275 g/mol. The summed E-state index contributed by atoms with van der Waals surface area (Å²) < 4.78 is 0. The van der Waals surface area contributed by atoms with Crippen LogP contribution in [-0.4, -0.2) is 40.9 Å². The minimum Gasteiger partial charge on any atom is -0.335 e. The van der Waals surface area contributed by atoms with E-state index in [1.165, 1.54) is 12.8 Å². The second-order valence-corrected chi connectivity index (χ2v) is 6.10. The summed E-state index contributed by atoms with van der Waals surface area (Å²) in [4.78, 5) is 7.05. The van der Waals surface area contributed by atoms with Gasteiger partial charge in [-0.25, -0.2) is 0 Å². The summed E-state index contributed by atoms with van der Waals surface area (Å²) in [6.45, 7) is 3.28. The van der Waals surface area contributed by atoms with Gasteiger partial charge in [0.05, 0.1) is 0 Å². The van der Waals surface area contributed by atoms with E-state index in [0.717, 1.165) is 42.9 Å². The van der Waals surface area contributed by atoms with E-state index in [1.807, 2.05) is 0 Å². The van der Waals surface area contributed by atoms with E-state index in [9.17, 15) is 0 Å². The zero-order chi connectivity index (χ0) is 12.7. The molecular formula is C13H17N5S. The zero-order valence-corrected chi connectivity index (χ0v) is 11.5. The van der Waals surface area contributed by atoms with Crippen molar-refractivity contribution in [2.24, 2.45) is 5.92 Å². The highest BCUT2D eigenvalue weighted by atomic mass is 32.1. The van der Waals surface area contributed by atoms with Crippen LogP contribution in [0.5, 0.6) is 0 Å². The third kappa shape index (κ3) is 1.95. The van der Waals surface area contributed by atoms with Gasteiger partial charge in [-0.1, -0.05) is 0 Å². The molecule has 0 radical (unpaired) electrons. The van der Waals surface area contributed by atoms with Gasteiger partial charge in [-0.15, -0.1) is 5.10 Å². The average molecular weight is 275 g/mol. The Labute approximate surface area is 116 Å². The maximum atomic E-state index is 4.67. The fourth-order valence-electron chi connectivity index (χ4n) is 3.23. The summed E-state index contributed by atoms with van der Waals surface area (Å²) in [5.41, 5.74) is 1.13. The summed E-state index contributed by atoms with van der Waals surface area (Å²) in [7, 11) is 0. The Morgan fingerprint density at radius 3 is 3.26 bits per heavy atom. The first-order chi connectivity index (χ1) is 9.42. The number of aromatic amines is 1. The number of aromatic nitrogens is 3. The van der Waals surface area contributed by atoms with Gasteiger partial charge < -0.3 is 10.2 Å². The number of hydrogen-bond acceptors (Lipinski definition) is 5. The van der Waals surface area contributed by atoms with E-state index < -0.39 is 0 Å². The molecule has 2 aromatic heterocycles. The summed E-state index contributed by atoms with van der Waals surface area (Å²) in [5.74, 6) is 2.50. The van der Waals surface area contributed by atoms with Crippen LogP contribution in [0.15, 0.2) is 16.8 Å². The molecule has 6 heteroatoms. The van der Waals surface area contributed by atoms with Crippen LogP contribution < -0.4 is 10.2 Å². The van der Waals surface area contributed by atoms with Crippen LogP contribution in [0.25, 0.3) is 11.4 Å². The van der Waals surface area contributed by atoms with Crippen LogP contribution in [0.2, 0.25) is 0 Å². The van der Waals surface area contributed by atoms with Crippen molar-refractivity contribution in [3.63, 3.8) is 0 Å². The van der Waals surface area contributed by atoms with Gasteiger partial charge in [-0.05, 0) is 30.2 Å². The molecule has 4 heterocycles. The number of anilines is 1. The number of thiophene rings is 1. The molecule has 0 amide bonds. The van der Waals surface area contributed by atoms with Gasteiger partial charge in [0.15, 0.2) is 5.82 Å². The smallest absolute Gasteiger partial charge is 0.245 e. The normalized spacial score (nSPS) is 26.6. The molecule has 0 aliphatic carbocycles. The zero-order valence-electron chi connectivity index (χ0n) is 10.7. The molecule has 0 bridgehead atoms. The third-order valence-electron chi connectivity index (χ3n) is 4.20. The van der Waals surface area contributed by atoms with Crippen LogP contribution in [0, 0.1) is 5.92 Å². The number of hydrogen-bond donors (Lipinski definition) is 2.